The fourth-order valence-corrected chi connectivity index (χ4v) is 1.57. The number of hydrogen-bond acceptors (Lipinski definition) is 1. The highest BCUT2D eigenvalue weighted by molar-refractivity contribution is 5.67. The van der Waals surface area contributed by atoms with E-state index in [-0.39, 0.29) is 12.4 Å². The Kier molecular flexibility index (Phi) is 2.79. The van der Waals surface area contributed by atoms with Crippen molar-refractivity contribution in [2.24, 2.45) is 0 Å². The second-order valence-corrected chi connectivity index (χ2v) is 3.32. The van der Waals surface area contributed by atoms with Crippen molar-refractivity contribution >= 4 is 0 Å². The van der Waals surface area contributed by atoms with Crippen LogP contribution in [0.2, 0.25) is 0 Å². The first-order valence-corrected chi connectivity index (χ1v) is 4.76. The van der Waals surface area contributed by atoms with Gasteiger partial charge in [-0.15, -0.1) is 0 Å². The molecule has 0 aromatic heterocycles. The molecule has 0 heterocycles. The monoisotopic (exact) mass is 202 g/mol. The minimum atomic E-state index is -0.250. The van der Waals surface area contributed by atoms with Gasteiger partial charge in [-0.1, -0.05) is 36.4 Å². The molecular weight excluding hydrogens is 191 g/mol. The number of hydrogen-bond donors (Lipinski definition) is 1. The summed E-state index contributed by atoms with van der Waals surface area (Å²) in [7, 11) is 0. The number of aliphatic hydroxyl groups excluding tert-OH is 1. The van der Waals surface area contributed by atoms with E-state index in [0.29, 0.717) is 0 Å². The summed E-state index contributed by atoms with van der Waals surface area (Å²) in [5.74, 6) is -0.250. The number of benzene rings is 2. The van der Waals surface area contributed by atoms with Crippen molar-refractivity contribution < 1.29 is 9.50 Å². The lowest BCUT2D eigenvalue weighted by Crippen LogP contribution is -1.88. The van der Waals surface area contributed by atoms with Crippen molar-refractivity contribution in [1.82, 2.24) is 0 Å². The molecule has 0 saturated carbocycles. The van der Waals surface area contributed by atoms with E-state index in [9.17, 15) is 4.39 Å². The maximum atomic E-state index is 12.7. The zero-order chi connectivity index (χ0) is 10.7. The zero-order valence-electron chi connectivity index (χ0n) is 8.15. The lowest BCUT2D eigenvalue weighted by atomic mass is 10.0. The predicted molar refractivity (Wildman–Crippen MR) is 57.8 cm³/mol. The van der Waals surface area contributed by atoms with E-state index < -0.39 is 0 Å². The first-order valence-electron chi connectivity index (χ1n) is 4.76. The molecule has 0 aliphatic carbocycles. The van der Waals surface area contributed by atoms with Crippen LogP contribution in [0, 0.1) is 5.82 Å². The molecule has 0 unspecified atom stereocenters. The Balaban J connectivity index is 2.49. The molecule has 1 nitrogen and oxygen atoms in total. The molecule has 2 aromatic carbocycles. The Hall–Kier alpha value is -1.67. The summed E-state index contributed by atoms with van der Waals surface area (Å²) in [6, 6.07) is 13.8. The zero-order valence-corrected chi connectivity index (χ0v) is 8.15. The van der Waals surface area contributed by atoms with E-state index in [2.05, 4.69) is 0 Å². The van der Waals surface area contributed by atoms with Crippen LogP contribution in [0.4, 0.5) is 4.39 Å². The average Bonchev–Trinajstić information content (AvgIpc) is 2.30. The van der Waals surface area contributed by atoms with Crippen LogP contribution < -0.4 is 0 Å². The Morgan fingerprint density at radius 1 is 0.933 bits per heavy atom. The van der Waals surface area contributed by atoms with Crippen molar-refractivity contribution in [2.45, 2.75) is 6.61 Å². The van der Waals surface area contributed by atoms with Crippen molar-refractivity contribution in [1.29, 1.82) is 0 Å². The van der Waals surface area contributed by atoms with Gasteiger partial charge in [-0.25, -0.2) is 4.39 Å². The third-order valence-electron chi connectivity index (χ3n) is 2.34. The maximum Gasteiger partial charge on any atom is 0.123 e. The Morgan fingerprint density at radius 2 is 1.60 bits per heavy atom. The molecule has 0 fully saturated rings. The summed E-state index contributed by atoms with van der Waals surface area (Å²) in [4.78, 5) is 0. The Morgan fingerprint density at radius 3 is 2.27 bits per heavy atom. The topological polar surface area (TPSA) is 20.2 Å². The predicted octanol–water partition coefficient (Wildman–Crippen LogP) is 2.99. The van der Waals surface area contributed by atoms with E-state index in [0.717, 1.165) is 16.7 Å². The number of aliphatic hydroxyl groups is 1. The van der Waals surface area contributed by atoms with Gasteiger partial charge >= 0.3 is 0 Å². The van der Waals surface area contributed by atoms with Gasteiger partial charge in [-0.3, -0.25) is 0 Å². The second kappa shape index (κ2) is 4.24. The normalized spacial score (nSPS) is 10.3. The molecule has 15 heavy (non-hydrogen) atoms. The van der Waals surface area contributed by atoms with Crippen LogP contribution in [0.5, 0.6) is 0 Å². The average molecular weight is 202 g/mol. The molecule has 0 spiro atoms. The lowest BCUT2D eigenvalue weighted by molar-refractivity contribution is 0.282. The van der Waals surface area contributed by atoms with Crippen molar-refractivity contribution in [2.75, 3.05) is 0 Å². The van der Waals surface area contributed by atoms with Gasteiger partial charge in [0, 0.05) is 0 Å². The summed E-state index contributed by atoms with van der Waals surface area (Å²) in [5, 5.41) is 9.16. The van der Waals surface area contributed by atoms with Crippen LogP contribution in [0.3, 0.4) is 0 Å². The molecule has 0 radical (unpaired) electrons. The molecule has 2 heteroatoms. The highest BCUT2D eigenvalue weighted by atomic mass is 19.1. The van der Waals surface area contributed by atoms with Crippen LogP contribution in [-0.2, 0) is 6.61 Å². The minimum Gasteiger partial charge on any atom is -0.392 e. The van der Waals surface area contributed by atoms with Crippen LogP contribution in [0.1, 0.15) is 5.56 Å². The van der Waals surface area contributed by atoms with E-state index >= 15 is 0 Å². The third kappa shape index (κ3) is 2.05. The van der Waals surface area contributed by atoms with Crippen molar-refractivity contribution in [3.05, 3.63) is 59.9 Å². The Labute approximate surface area is 87.8 Å². The highest BCUT2D eigenvalue weighted by Crippen LogP contribution is 2.23. The smallest absolute Gasteiger partial charge is 0.123 e. The van der Waals surface area contributed by atoms with E-state index in [1.54, 1.807) is 12.1 Å². The standard InChI is InChI=1S/C13H11FO/c14-12-7-5-10(6-8-12)13-4-2-1-3-11(13)9-15/h1-8,15H,9H2. The van der Waals surface area contributed by atoms with Crippen molar-refractivity contribution in [3.63, 3.8) is 0 Å². The summed E-state index contributed by atoms with van der Waals surface area (Å²) in [6.07, 6.45) is 0. The van der Waals surface area contributed by atoms with Crippen LogP contribution in [-0.4, -0.2) is 5.11 Å². The maximum absolute atomic E-state index is 12.7. The van der Waals surface area contributed by atoms with Crippen molar-refractivity contribution in [3.8, 4) is 11.1 Å². The fourth-order valence-electron chi connectivity index (χ4n) is 1.57. The van der Waals surface area contributed by atoms with Crippen LogP contribution in [0.25, 0.3) is 11.1 Å². The van der Waals surface area contributed by atoms with Gasteiger partial charge < -0.3 is 5.11 Å². The molecule has 76 valence electrons. The van der Waals surface area contributed by atoms with Gasteiger partial charge in [-0.05, 0) is 28.8 Å². The van der Waals surface area contributed by atoms with Gasteiger partial charge in [0.2, 0.25) is 0 Å². The molecule has 0 atom stereocenters. The fraction of sp³-hybridized carbons (Fsp3) is 0.0769. The molecule has 0 saturated heterocycles. The largest absolute Gasteiger partial charge is 0.392 e. The van der Waals surface area contributed by atoms with Gasteiger partial charge in [0.05, 0.1) is 6.61 Å². The SMILES string of the molecule is OCc1ccccc1-c1ccc(F)cc1. The van der Waals surface area contributed by atoms with Gasteiger partial charge in [-0.2, -0.15) is 0 Å². The molecule has 0 aliphatic rings. The van der Waals surface area contributed by atoms with Crippen LogP contribution >= 0.6 is 0 Å². The second-order valence-electron chi connectivity index (χ2n) is 3.32. The quantitative estimate of drug-likeness (QED) is 0.793. The molecule has 2 rings (SSSR count). The van der Waals surface area contributed by atoms with Crippen LogP contribution in [0.15, 0.2) is 48.5 Å². The Bertz CT molecular complexity index is 448. The van der Waals surface area contributed by atoms with E-state index in [1.165, 1.54) is 12.1 Å². The van der Waals surface area contributed by atoms with Gasteiger partial charge in [0.15, 0.2) is 0 Å². The minimum absolute atomic E-state index is 0.00640. The molecular formula is C13H11FO. The summed E-state index contributed by atoms with van der Waals surface area (Å²) in [5.41, 5.74) is 2.71. The number of halogens is 1. The molecule has 0 amide bonds. The van der Waals surface area contributed by atoms with E-state index in [1.807, 2.05) is 24.3 Å². The number of rotatable bonds is 2. The first-order chi connectivity index (χ1) is 7.31. The molecule has 0 aliphatic heterocycles. The first kappa shape index (κ1) is 9.87. The summed E-state index contributed by atoms with van der Waals surface area (Å²) >= 11 is 0. The highest BCUT2D eigenvalue weighted by Gasteiger charge is 2.02. The molecule has 1 N–H and O–H groups in total. The summed E-state index contributed by atoms with van der Waals surface area (Å²) < 4.78 is 12.7. The third-order valence-corrected chi connectivity index (χ3v) is 2.34. The molecule has 2 aromatic rings. The van der Waals surface area contributed by atoms with Gasteiger partial charge in [0.25, 0.3) is 0 Å². The van der Waals surface area contributed by atoms with Gasteiger partial charge in [0.1, 0.15) is 5.82 Å². The molecule has 0 bridgehead atoms. The van der Waals surface area contributed by atoms with E-state index in [4.69, 9.17) is 5.11 Å². The summed E-state index contributed by atoms with van der Waals surface area (Å²) in [6.45, 7) is -0.00640. The lowest BCUT2D eigenvalue weighted by Gasteiger charge is -2.06.